The summed E-state index contributed by atoms with van der Waals surface area (Å²) in [5.41, 5.74) is 2.18. The molecule has 1 aliphatic carbocycles. The molecule has 1 fully saturated rings. The molecule has 2 nitrogen and oxygen atoms in total. The monoisotopic (exact) mass is 272 g/mol. The van der Waals surface area contributed by atoms with E-state index in [4.69, 9.17) is 9.84 Å². The van der Waals surface area contributed by atoms with Crippen molar-refractivity contribution in [3.63, 3.8) is 0 Å². The van der Waals surface area contributed by atoms with Gasteiger partial charge >= 0.3 is 0 Å². The van der Waals surface area contributed by atoms with Crippen molar-refractivity contribution in [3.8, 4) is 11.8 Å². The van der Waals surface area contributed by atoms with Crippen molar-refractivity contribution < 1.29 is 9.84 Å². The van der Waals surface area contributed by atoms with Crippen molar-refractivity contribution in [1.82, 2.24) is 0 Å². The number of aliphatic hydroxyl groups excluding tert-OH is 1. The SMILES string of the molecule is CC1CCCC(OCc2cccc(C#CCCO)c2)C1. The lowest BCUT2D eigenvalue weighted by Crippen LogP contribution is -2.21. The van der Waals surface area contributed by atoms with Gasteiger partial charge in [0.15, 0.2) is 0 Å². The van der Waals surface area contributed by atoms with Crippen LogP contribution in [0.15, 0.2) is 24.3 Å². The Balaban J connectivity index is 1.86. The summed E-state index contributed by atoms with van der Waals surface area (Å²) in [5.74, 6) is 6.81. The van der Waals surface area contributed by atoms with Crippen molar-refractivity contribution >= 4 is 0 Å². The van der Waals surface area contributed by atoms with Crippen LogP contribution in [-0.4, -0.2) is 17.8 Å². The molecular formula is C18H24O2. The fraction of sp³-hybridized carbons (Fsp3) is 0.556. The lowest BCUT2D eigenvalue weighted by Gasteiger charge is -2.26. The summed E-state index contributed by atoms with van der Waals surface area (Å²) < 4.78 is 6.03. The predicted octanol–water partition coefficient (Wildman–Crippen LogP) is 3.52. The smallest absolute Gasteiger partial charge is 0.0721 e. The van der Waals surface area contributed by atoms with Gasteiger partial charge in [-0.05, 0) is 36.5 Å². The third-order valence-electron chi connectivity index (χ3n) is 3.77. The van der Waals surface area contributed by atoms with Gasteiger partial charge in [-0.1, -0.05) is 43.7 Å². The molecule has 2 heteroatoms. The maximum absolute atomic E-state index is 8.73. The first-order chi connectivity index (χ1) is 9.78. The largest absolute Gasteiger partial charge is 0.395 e. The van der Waals surface area contributed by atoms with Crippen LogP contribution in [0.4, 0.5) is 0 Å². The van der Waals surface area contributed by atoms with Crippen LogP contribution in [-0.2, 0) is 11.3 Å². The first-order valence-corrected chi connectivity index (χ1v) is 7.58. The summed E-state index contributed by atoms with van der Waals surface area (Å²) in [6.07, 6.45) is 5.97. The molecule has 2 rings (SSSR count). The molecule has 2 atom stereocenters. The summed E-state index contributed by atoms with van der Waals surface area (Å²) in [7, 11) is 0. The summed E-state index contributed by atoms with van der Waals surface area (Å²) >= 11 is 0. The highest BCUT2D eigenvalue weighted by atomic mass is 16.5. The van der Waals surface area contributed by atoms with E-state index in [2.05, 4.69) is 30.9 Å². The Morgan fingerprint density at radius 2 is 2.25 bits per heavy atom. The van der Waals surface area contributed by atoms with Crippen LogP contribution >= 0.6 is 0 Å². The van der Waals surface area contributed by atoms with Crippen LogP contribution in [0.25, 0.3) is 0 Å². The Bertz CT molecular complexity index is 470. The lowest BCUT2D eigenvalue weighted by molar-refractivity contribution is 0.00466. The topological polar surface area (TPSA) is 29.5 Å². The molecule has 0 saturated heterocycles. The van der Waals surface area contributed by atoms with Gasteiger partial charge in [-0.25, -0.2) is 0 Å². The Morgan fingerprint density at radius 1 is 1.35 bits per heavy atom. The second-order valence-corrected chi connectivity index (χ2v) is 5.68. The Labute approximate surface area is 122 Å². The van der Waals surface area contributed by atoms with Crippen LogP contribution in [0, 0.1) is 17.8 Å². The average molecular weight is 272 g/mol. The van der Waals surface area contributed by atoms with Gasteiger partial charge in [-0.3, -0.25) is 0 Å². The molecule has 0 aliphatic heterocycles. The number of hydrogen-bond donors (Lipinski definition) is 1. The van der Waals surface area contributed by atoms with Gasteiger partial charge in [0.1, 0.15) is 0 Å². The van der Waals surface area contributed by atoms with Gasteiger partial charge in [0.25, 0.3) is 0 Å². The van der Waals surface area contributed by atoms with Gasteiger partial charge in [0.2, 0.25) is 0 Å². The van der Waals surface area contributed by atoms with Gasteiger partial charge < -0.3 is 9.84 Å². The van der Waals surface area contributed by atoms with Crippen molar-refractivity contribution in [1.29, 1.82) is 0 Å². The molecule has 20 heavy (non-hydrogen) atoms. The lowest BCUT2D eigenvalue weighted by atomic mass is 9.89. The van der Waals surface area contributed by atoms with Crippen LogP contribution in [0.2, 0.25) is 0 Å². The molecule has 0 spiro atoms. The van der Waals surface area contributed by atoms with Gasteiger partial charge in [0.05, 0.1) is 19.3 Å². The van der Waals surface area contributed by atoms with E-state index >= 15 is 0 Å². The molecule has 0 heterocycles. The van der Waals surface area contributed by atoms with E-state index in [0.29, 0.717) is 19.1 Å². The highest BCUT2D eigenvalue weighted by molar-refractivity contribution is 5.36. The van der Waals surface area contributed by atoms with Crippen molar-refractivity contribution in [3.05, 3.63) is 35.4 Å². The quantitative estimate of drug-likeness (QED) is 0.850. The molecule has 1 N–H and O–H groups in total. The molecule has 0 bridgehead atoms. The second kappa shape index (κ2) is 8.09. The maximum Gasteiger partial charge on any atom is 0.0721 e. The molecular weight excluding hydrogens is 248 g/mol. The fourth-order valence-corrected chi connectivity index (χ4v) is 2.70. The minimum atomic E-state index is 0.121. The van der Waals surface area contributed by atoms with Gasteiger partial charge in [-0.2, -0.15) is 0 Å². The van der Waals surface area contributed by atoms with Gasteiger partial charge in [-0.15, -0.1) is 0 Å². The minimum absolute atomic E-state index is 0.121. The molecule has 1 aromatic carbocycles. The van der Waals surface area contributed by atoms with Gasteiger partial charge in [0, 0.05) is 12.0 Å². The average Bonchev–Trinajstić information content (AvgIpc) is 2.46. The zero-order valence-electron chi connectivity index (χ0n) is 12.3. The van der Waals surface area contributed by atoms with E-state index in [1.54, 1.807) is 0 Å². The van der Waals surface area contributed by atoms with E-state index in [1.807, 2.05) is 12.1 Å². The van der Waals surface area contributed by atoms with Crippen LogP contribution in [0.3, 0.4) is 0 Å². The first kappa shape index (κ1) is 15.1. The molecule has 0 radical (unpaired) electrons. The molecule has 1 aromatic rings. The summed E-state index contributed by atoms with van der Waals surface area (Å²) in [5, 5.41) is 8.73. The van der Waals surface area contributed by atoms with Crippen molar-refractivity contribution in [2.75, 3.05) is 6.61 Å². The second-order valence-electron chi connectivity index (χ2n) is 5.68. The summed E-state index contributed by atoms with van der Waals surface area (Å²) in [6.45, 7) is 3.11. The third-order valence-corrected chi connectivity index (χ3v) is 3.77. The number of aliphatic hydroxyl groups is 1. The van der Waals surface area contributed by atoms with Crippen LogP contribution in [0.1, 0.15) is 50.2 Å². The minimum Gasteiger partial charge on any atom is -0.395 e. The summed E-state index contributed by atoms with van der Waals surface area (Å²) in [6, 6.07) is 8.18. The van der Waals surface area contributed by atoms with E-state index in [1.165, 1.54) is 31.2 Å². The van der Waals surface area contributed by atoms with Crippen molar-refractivity contribution in [2.24, 2.45) is 5.92 Å². The highest BCUT2D eigenvalue weighted by Crippen LogP contribution is 2.26. The molecule has 0 amide bonds. The number of rotatable bonds is 4. The normalized spacial score (nSPS) is 22.1. The number of hydrogen-bond acceptors (Lipinski definition) is 2. The van der Waals surface area contributed by atoms with E-state index in [9.17, 15) is 0 Å². The molecule has 1 saturated carbocycles. The maximum atomic E-state index is 8.73. The van der Waals surface area contributed by atoms with Crippen molar-refractivity contribution in [2.45, 2.75) is 51.7 Å². The Hall–Kier alpha value is -1.30. The molecule has 0 aromatic heterocycles. The Kier molecular flexibility index (Phi) is 6.11. The number of ether oxygens (including phenoxy) is 1. The zero-order valence-corrected chi connectivity index (χ0v) is 12.3. The number of benzene rings is 1. The predicted molar refractivity (Wildman–Crippen MR) is 81.2 cm³/mol. The third kappa shape index (κ3) is 5.00. The first-order valence-electron chi connectivity index (χ1n) is 7.58. The standard InChI is InChI=1S/C18H24O2/c1-15-6-4-10-18(12-15)20-14-17-9-5-8-16(13-17)7-2-3-11-19/h5,8-9,13,15,18-19H,3-4,6,10-12,14H2,1H3. The van der Waals surface area contributed by atoms with E-state index < -0.39 is 0 Å². The highest BCUT2D eigenvalue weighted by Gasteiger charge is 2.19. The molecule has 2 unspecified atom stereocenters. The van der Waals surface area contributed by atoms with Crippen LogP contribution < -0.4 is 0 Å². The fourth-order valence-electron chi connectivity index (χ4n) is 2.70. The van der Waals surface area contributed by atoms with Crippen LogP contribution in [0.5, 0.6) is 0 Å². The molecule has 1 aliphatic rings. The Morgan fingerprint density at radius 3 is 3.05 bits per heavy atom. The zero-order chi connectivity index (χ0) is 14.2. The van der Waals surface area contributed by atoms with E-state index in [-0.39, 0.29) is 6.61 Å². The summed E-state index contributed by atoms with van der Waals surface area (Å²) in [4.78, 5) is 0. The molecule has 108 valence electrons. The van der Waals surface area contributed by atoms with E-state index in [0.717, 1.165) is 11.5 Å².